The van der Waals surface area contributed by atoms with Crippen molar-refractivity contribution in [2.45, 2.75) is 95.7 Å². The van der Waals surface area contributed by atoms with Crippen LogP contribution in [0.25, 0.3) is 0 Å². The van der Waals surface area contributed by atoms with E-state index in [4.69, 9.17) is 21.1 Å². The van der Waals surface area contributed by atoms with Gasteiger partial charge >= 0.3 is 12.1 Å². The van der Waals surface area contributed by atoms with Crippen molar-refractivity contribution in [2.75, 3.05) is 7.11 Å². The Hall–Kier alpha value is -3.59. The molecule has 0 aromatic heterocycles. The summed E-state index contributed by atoms with van der Waals surface area (Å²) in [6, 6.07) is 16.0. The Morgan fingerprint density at radius 3 is 2.45 bits per heavy atom. The number of hydrogen-bond donors (Lipinski definition) is 2. The van der Waals surface area contributed by atoms with Crippen LogP contribution in [0.5, 0.6) is 0 Å². The molecule has 44 heavy (non-hydrogen) atoms. The number of hydrogen-bond acceptors (Lipinski definition) is 6. The van der Waals surface area contributed by atoms with Crippen LogP contribution in [-0.4, -0.2) is 47.6 Å². The molecule has 4 rings (SSSR count). The minimum Gasteiger partial charge on any atom is -0.469 e. The predicted octanol–water partition coefficient (Wildman–Crippen LogP) is 6.30. The molecule has 1 heterocycles. The SMILES string of the molecule is COC(=O)CCC1CC(C)(C)N(NC(=O)[C@H](CC2CCCCC2)NC(=O)OC(Cc2cccc(Cl)c2)c2ccccc2)C1=O. The van der Waals surface area contributed by atoms with E-state index in [0.717, 1.165) is 43.2 Å². The molecule has 9 nitrogen and oxygen atoms in total. The topological polar surface area (TPSA) is 114 Å². The molecule has 2 unspecified atom stereocenters. The zero-order valence-electron chi connectivity index (χ0n) is 25.9. The van der Waals surface area contributed by atoms with Crippen molar-refractivity contribution < 1.29 is 28.7 Å². The molecule has 1 saturated carbocycles. The van der Waals surface area contributed by atoms with Gasteiger partial charge in [-0.2, -0.15) is 0 Å². The Morgan fingerprint density at radius 1 is 1.05 bits per heavy atom. The van der Waals surface area contributed by atoms with Crippen LogP contribution in [0.2, 0.25) is 5.02 Å². The van der Waals surface area contributed by atoms with Gasteiger partial charge in [-0.25, -0.2) is 9.80 Å². The molecular weight excluding hydrogens is 582 g/mol. The lowest BCUT2D eigenvalue weighted by Gasteiger charge is -2.34. The second-order valence-electron chi connectivity index (χ2n) is 12.6. The number of carbonyl (C=O) groups is 4. The zero-order valence-corrected chi connectivity index (χ0v) is 26.6. The van der Waals surface area contributed by atoms with Gasteiger partial charge in [-0.3, -0.25) is 19.8 Å². The molecule has 3 amide bonds. The van der Waals surface area contributed by atoms with Crippen LogP contribution < -0.4 is 10.7 Å². The van der Waals surface area contributed by atoms with Gasteiger partial charge in [0.05, 0.1) is 12.6 Å². The van der Waals surface area contributed by atoms with Crippen molar-refractivity contribution in [1.29, 1.82) is 0 Å². The van der Waals surface area contributed by atoms with Gasteiger partial charge in [0.2, 0.25) is 5.91 Å². The van der Waals surface area contributed by atoms with Crippen LogP contribution in [-0.2, 0) is 30.3 Å². The molecular formula is C34H44ClN3O6. The molecule has 1 aliphatic carbocycles. The average Bonchev–Trinajstić information content (AvgIpc) is 3.22. The summed E-state index contributed by atoms with van der Waals surface area (Å²) in [7, 11) is 1.32. The second-order valence-corrected chi connectivity index (χ2v) is 13.0. The van der Waals surface area contributed by atoms with E-state index in [1.165, 1.54) is 12.1 Å². The first kappa shape index (κ1) is 33.3. The number of carbonyl (C=O) groups excluding carboxylic acids is 4. The number of halogens is 1. The van der Waals surface area contributed by atoms with E-state index in [2.05, 4.69) is 10.7 Å². The first-order valence-corrected chi connectivity index (χ1v) is 15.9. The molecule has 3 atom stereocenters. The standard InChI is InChI=1S/C34H44ClN3O6/c1-34(2)22-26(17-18-30(39)43-3)32(41)38(34)37-31(40)28(20-23-11-6-4-7-12-23)36-33(42)44-29(25-14-8-5-9-15-25)21-24-13-10-16-27(35)19-24/h5,8-10,13-16,19,23,26,28-29H,4,6-7,11-12,17-18,20-22H2,1-3H3,(H,36,42)(H,37,40)/t26?,28-,29?/m0/s1. The molecule has 2 aliphatic rings. The van der Waals surface area contributed by atoms with Crippen molar-refractivity contribution in [3.8, 4) is 0 Å². The number of benzene rings is 2. The van der Waals surface area contributed by atoms with Crippen LogP contribution in [0, 0.1) is 11.8 Å². The van der Waals surface area contributed by atoms with Gasteiger partial charge in [0, 0.05) is 23.8 Å². The van der Waals surface area contributed by atoms with Gasteiger partial charge in [0.25, 0.3) is 5.91 Å². The maximum absolute atomic E-state index is 13.8. The normalized spacial score (nSPS) is 19.6. The summed E-state index contributed by atoms with van der Waals surface area (Å²) in [6.45, 7) is 3.75. The summed E-state index contributed by atoms with van der Waals surface area (Å²) in [5.74, 6) is -1.24. The Morgan fingerprint density at radius 2 is 1.77 bits per heavy atom. The van der Waals surface area contributed by atoms with Gasteiger partial charge in [-0.1, -0.05) is 86.2 Å². The molecule has 2 fully saturated rings. The minimum atomic E-state index is -0.897. The third-order valence-electron chi connectivity index (χ3n) is 8.70. The number of methoxy groups -OCH3 is 1. The molecule has 2 aromatic carbocycles. The summed E-state index contributed by atoms with van der Waals surface area (Å²) < 4.78 is 10.7. The number of ether oxygens (including phenoxy) is 2. The molecule has 2 N–H and O–H groups in total. The van der Waals surface area contributed by atoms with Gasteiger partial charge in [0.15, 0.2) is 0 Å². The van der Waals surface area contributed by atoms with Crippen LogP contribution in [0.1, 0.15) is 88.9 Å². The molecule has 0 spiro atoms. The molecule has 2 aromatic rings. The zero-order chi connectivity index (χ0) is 31.7. The van der Waals surface area contributed by atoms with Crippen LogP contribution >= 0.6 is 11.6 Å². The van der Waals surface area contributed by atoms with E-state index < -0.39 is 35.6 Å². The van der Waals surface area contributed by atoms with Crippen molar-refractivity contribution >= 4 is 35.5 Å². The van der Waals surface area contributed by atoms with E-state index in [0.29, 0.717) is 30.7 Å². The van der Waals surface area contributed by atoms with Gasteiger partial charge < -0.3 is 14.8 Å². The maximum atomic E-state index is 13.8. The largest absolute Gasteiger partial charge is 0.469 e. The maximum Gasteiger partial charge on any atom is 0.408 e. The highest BCUT2D eigenvalue weighted by Crippen LogP contribution is 2.35. The van der Waals surface area contributed by atoms with Crippen molar-refractivity contribution in [2.24, 2.45) is 11.8 Å². The fourth-order valence-electron chi connectivity index (χ4n) is 6.34. The summed E-state index contributed by atoms with van der Waals surface area (Å²) in [5.41, 5.74) is 3.88. The number of rotatable bonds is 12. The monoisotopic (exact) mass is 625 g/mol. The van der Waals surface area contributed by atoms with E-state index in [1.807, 2.05) is 62.4 Å². The van der Waals surface area contributed by atoms with Gasteiger partial charge in [-0.15, -0.1) is 0 Å². The number of alkyl carbamates (subject to hydrolysis) is 1. The van der Waals surface area contributed by atoms with Crippen LogP contribution in [0.4, 0.5) is 4.79 Å². The predicted molar refractivity (Wildman–Crippen MR) is 167 cm³/mol. The second kappa shape index (κ2) is 15.4. The van der Waals surface area contributed by atoms with E-state index in [-0.39, 0.29) is 24.2 Å². The number of hydrazine groups is 1. The Balaban J connectivity index is 1.48. The smallest absolute Gasteiger partial charge is 0.408 e. The fraction of sp³-hybridized carbons (Fsp3) is 0.529. The van der Waals surface area contributed by atoms with Crippen molar-refractivity contribution in [3.05, 3.63) is 70.7 Å². The third kappa shape index (κ3) is 9.21. The first-order chi connectivity index (χ1) is 21.1. The summed E-state index contributed by atoms with van der Waals surface area (Å²) in [4.78, 5) is 52.2. The number of amides is 3. The lowest BCUT2D eigenvalue weighted by molar-refractivity contribution is -0.145. The van der Waals surface area contributed by atoms with Crippen LogP contribution in [0.15, 0.2) is 54.6 Å². The average molecular weight is 626 g/mol. The summed E-state index contributed by atoms with van der Waals surface area (Å²) in [6.07, 6.45) is 5.76. The van der Waals surface area contributed by atoms with Gasteiger partial charge in [0.1, 0.15) is 12.1 Å². The highest BCUT2D eigenvalue weighted by molar-refractivity contribution is 6.30. The lowest BCUT2D eigenvalue weighted by Crippen LogP contribution is -2.58. The molecule has 0 bridgehead atoms. The Labute approximate surface area is 265 Å². The summed E-state index contributed by atoms with van der Waals surface area (Å²) >= 11 is 6.21. The summed E-state index contributed by atoms with van der Waals surface area (Å²) in [5, 5.41) is 4.80. The third-order valence-corrected chi connectivity index (χ3v) is 8.94. The number of nitrogens with zero attached hydrogens (tertiary/aromatic N) is 1. The Kier molecular flexibility index (Phi) is 11.7. The molecule has 0 radical (unpaired) electrons. The van der Waals surface area contributed by atoms with Crippen molar-refractivity contribution in [3.63, 3.8) is 0 Å². The minimum absolute atomic E-state index is 0.125. The molecule has 1 saturated heterocycles. The van der Waals surface area contributed by atoms with Crippen LogP contribution in [0.3, 0.4) is 0 Å². The van der Waals surface area contributed by atoms with E-state index in [1.54, 1.807) is 6.07 Å². The quantitative estimate of drug-likeness (QED) is 0.268. The first-order valence-electron chi connectivity index (χ1n) is 15.5. The fourth-order valence-corrected chi connectivity index (χ4v) is 6.56. The van der Waals surface area contributed by atoms with Crippen molar-refractivity contribution in [1.82, 2.24) is 15.8 Å². The van der Waals surface area contributed by atoms with Gasteiger partial charge in [-0.05, 0) is 62.3 Å². The van der Waals surface area contributed by atoms with E-state index >= 15 is 0 Å². The number of esters is 1. The highest BCUT2D eigenvalue weighted by Gasteiger charge is 2.46. The molecule has 238 valence electrons. The Bertz CT molecular complexity index is 1300. The molecule has 10 heteroatoms. The lowest BCUT2D eigenvalue weighted by atomic mass is 9.84. The van der Waals surface area contributed by atoms with E-state index in [9.17, 15) is 19.2 Å². The highest BCUT2D eigenvalue weighted by atomic mass is 35.5. The number of nitrogens with one attached hydrogen (secondary N) is 2. The molecule has 1 aliphatic heterocycles.